The number of ether oxygens (including phenoxy) is 1. The van der Waals surface area contributed by atoms with Crippen molar-refractivity contribution in [3.63, 3.8) is 0 Å². The van der Waals surface area contributed by atoms with Crippen molar-refractivity contribution >= 4 is 41.0 Å². The lowest BCUT2D eigenvalue weighted by atomic mass is 10.1. The summed E-state index contributed by atoms with van der Waals surface area (Å²) in [6.07, 6.45) is 2.74. The predicted molar refractivity (Wildman–Crippen MR) is 142 cm³/mol. The van der Waals surface area contributed by atoms with Gasteiger partial charge in [-0.25, -0.2) is 0 Å². The third-order valence-corrected chi connectivity index (χ3v) is 6.89. The number of nitrogens with one attached hydrogen (secondary N) is 2. The predicted octanol–water partition coefficient (Wildman–Crippen LogP) is 4.57. The van der Waals surface area contributed by atoms with Gasteiger partial charge in [-0.2, -0.15) is 11.8 Å². The van der Waals surface area contributed by atoms with Gasteiger partial charge in [0.05, 0.1) is 18.9 Å². The maximum Gasteiger partial charge on any atom is 0.251 e. The molecule has 2 aromatic carbocycles. The second-order valence-electron chi connectivity index (χ2n) is 7.83. The summed E-state index contributed by atoms with van der Waals surface area (Å²) in [7, 11) is 1.59. The number of nitrogens with zero attached hydrogens (tertiary/aromatic N) is 3. The van der Waals surface area contributed by atoms with Crippen LogP contribution in [0.5, 0.6) is 5.75 Å². The first-order valence-corrected chi connectivity index (χ1v) is 13.7. The molecule has 10 heteroatoms. The Morgan fingerprint density at radius 3 is 2.57 bits per heavy atom. The molecule has 3 rings (SSSR count). The Balaban J connectivity index is 1.70. The molecule has 35 heavy (non-hydrogen) atoms. The van der Waals surface area contributed by atoms with Gasteiger partial charge in [-0.15, -0.1) is 10.2 Å². The van der Waals surface area contributed by atoms with E-state index in [1.807, 2.05) is 48.9 Å². The third kappa shape index (κ3) is 7.50. The maximum atomic E-state index is 12.9. The van der Waals surface area contributed by atoms with Crippen LogP contribution in [0.3, 0.4) is 0 Å². The maximum absolute atomic E-state index is 12.9. The topological polar surface area (TPSA) is 98.1 Å². The third-order valence-electron chi connectivity index (χ3n) is 5.28. The number of anilines is 1. The molecule has 0 aliphatic heterocycles. The van der Waals surface area contributed by atoms with Gasteiger partial charge >= 0.3 is 0 Å². The van der Waals surface area contributed by atoms with E-state index in [4.69, 9.17) is 4.74 Å². The average Bonchev–Trinajstić information content (AvgIpc) is 3.28. The first kappa shape index (κ1) is 26.6. The fraction of sp³-hybridized carbons (Fsp3) is 0.360. The molecule has 0 unspecified atom stereocenters. The Morgan fingerprint density at radius 2 is 1.91 bits per heavy atom. The monoisotopic (exact) mass is 513 g/mol. The largest absolute Gasteiger partial charge is 0.497 e. The highest BCUT2D eigenvalue weighted by atomic mass is 32.2. The molecule has 3 aromatic rings. The zero-order chi connectivity index (χ0) is 25.2. The van der Waals surface area contributed by atoms with Crippen molar-refractivity contribution in [2.24, 2.45) is 0 Å². The highest BCUT2D eigenvalue weighted by Crippen LogP contribution is 2.24. The van der Waals surface area contributed by atoms with Crippen molar-refractivity contribution in [3.8, 4) is 5.75 Å². The van der Waals surface area contributed by atoms with E-state index in [1.54, 1.807) is 43.1 Å². The Labute approximate surface area is 214 Å². The number of hydrogen-bond acceptors (Lipinski definition) is 7. The van der Waals surface area contributed by atoms with Crippen LogP contribution in [-0.4, -0.2) is 51.5 Å². The smallest absolute Gasteiger partial charge is 0.251 e. The molecular weight excluding hydrogens is 482 g/mol. The molecule has 0 saturated heterocycles. The van der Waals surface area contributed by atoms with Gasteiger partial charge < -0.3 is 19.9 Å². The van der Waals surface area contributed by atoms with E-state index < -0.39 is 0 Å². The van der Waals surface area contributed by atoms with Crippen LogP contribution in [0.4, 0.5) is 5.69 Å². The molecule has 0 aliphatic carbocycles. The van der Waals surface area contributed by atoms with Crippen LogP contribution in [0.2, 0.25) is 0 Å². The molecule has 0 spiro atoms. The zero-order valence-corrected chi connectivity index (χ0v) is 22.0. The number of hydrogen-bond donors (Lipinski definition) is 2. The summed E-state index contributed by atoms with van der Waals surface area (Å²) in [5, 5.41) is 15.4. The molecule has 0 saturated carbocycles. The fourth-order valence-electron chi connectivity index (χ4n) is 3.50. The second kappa shape index (κ2) is 13.2. The Hall–Kier alpha value is -2.98. The molecule has 1 atom stereocenters. The van der Waals surface area contributed by atoms with Crippen molar-refractivity contribution in [2.45, 2.75) is 38.0 Å². The van der Waals surface area contributed by atoms with Crippen LogP contribution in [-0.2, 0) is 11.3 Å². The second-order valence-corrected chi connectivity index (χ2v) is 9.76. The first-order chi connectivity index (χ1) is 16.9. The van der Waals surface area contributed by atoms with Crippen LogP contribution >= 0.6 is 23.5 Å². The van der Waals surface area contributed by atoms with E-state index in [0.29, 0.717) is 35.3 Å². The number of methoxy groups -OCH3 is 1. The van der Waals surface area contributed by atoms with Gasteiger partial charge in [-0.05, 0) is 74.2 Å². The number of benzene rings is 2. The lowest BCUT2D eigenvalue weighted by Crippen LogP contribution is -2.31. The summed E-state index contributed by atoms with van der Waals surface area (Å²) < 4.78 is 7.14. The fourth-order valence-corrected chi connectivity index (χ4v) is 4.78. The molecule has 0 aliphatic rings. The lowest BCUT2D eigenvalue weighted by molar-refractivity contribution is -0.113. The number of carbonyl (C=O) groups is 2. The van der Waals surface area contributed by atoms with Crippen molar-refractivity contribution in [1.82, 2.24) is 20.1 Å². The number of amides is 2. The van der Waals surface area contributed by atoms with Crippen LogP contribution in [0.25, 0.3) is 0 Å². The average molecular weight is 514 g/mol. The summed E-state index contributed by atoms with van der Waals surface area (Å²) in [6, 6.07) is 14.4. The van der Waals surface area contributed by atoms with Gasteiger partial charge in [-0.1, -0.05) is 23.9 Å². The van der Waals surface area contributed by atoms with E-state index in [1.165, 1.54) is 11.8 Å². The minimum atomic E-state index is -0.306. The highest BCUT2D eigenvalue weighted by molar-refractivity contribution is 7.99. The van der Waals surface area contributed by atoms with Gasteiger partial charge in [0.1, 0.15) is 5.75 Å². The van der Waals surface area contributed by atoms with Crippen molar-refractivity contribution in [2.75, 3.05) is 30.2 Å². The van der Waals surface area contributed by atoms with Gasteiger partial charge in [-0.3, -0.25) is 9.59 Å². The summed E-state index contributed by atoms with van der Waals surface area (Å²) >= 11 is 3.04. The van der Waals surface area contributed by atoms with Crippen molar-refractivity contribution in [3.05, 3.63) is 65.5 Å². The summed E-state index contributed by atoms with van der Waals surface area (Å²) in [5.41, 5.74) is 2.40. The van der Waals surface area contributed by atoms with Gasteiger partial charge in [0.2, 0.25) is 5.91 Å². The molecule has 2 amide bonds. The summed E-state index contributed by atoms with van der Waals surface area (Å²) in [5.74, 6) is 2.14. The standard InChI is InChI=1S/C25H31N5O3S2/c1-5-30-23(21(13-14-34-4)27-24(32)18-9-11-20(33-3)12-10-18)28-29-25(30)35-16-22(31)26-19-8-6-7-17(2)15-19/h6-12,15,21H,5,13-14,16H2,1-4H3,(H,26,31)(H,27,32)/t21-/m0/s1. The van der Waals surface area contributed by atoms with Crippen LogP contribution in [0, 0.1) is 6.92 Å². The molecule has 1 aromatic heterocycles. The van der Waals surface area contributed by atoms with E-state index >= 15 is 0 Å². The van der Waals surface area contributed by atoms with Gasteiger partial charge in [0, 0.05) is 17.8 Å². The molecule has 186 valence electrons. The van der Waals surface area contributed by atoms with E-state index in [2.05, 4.69) is 20.8 Å². The minimum Gasteiger partial charge on any atom is -0.497 e. The van der Waals surface area contributed by atoms with Gasteiger partial charge in [0.15, 0.2) is 11.0 Å². The minimum absolute atomic E-state index is 0.112. The lowest BCUT2D eigenvalue weighted by Gasteiger charge is -2.19. The quantitative estimate of drug-likeness (QED) is 0.342. The van der Waals surface area contributed by atoms with Crippen LogP contribution in [0.1, 0.15) is 41.1 Å². The number of aryl methyl sites for hydroxylation is 1. The van der Waals surface area contributed by atoms with E-state index in [9.17, 15) is 9.59 Å². The van der Waals surface area contributed by atoms with Gasteiger partial charge in [0.25, 0.3) is 5.91 Å². The molecule has 0 fully saturated rings. The molecule has 1 heterocycles. The Kier molecular flexibility index (Phi) is 10.0. The summed E-state index contributed by atoms with van der Waals surface area (Å²) in [4.78, 5) is 25.4. The SMILES string of the molecule is CCn1c(SCC(=O)Nc2cccc(C)c2)nnc1[C@H](CCSC)NC(=O)c1ccc(OC)cc1. The Bertz CT molecular complexity index is 1130. The molecular formula is C25H31N5O3S2. The summed E-state index contributed by atoms with van der Waals surface area (Å²) in [6.45, 7) is 4.61. The number of carbonyl (C=O) groups excluding carboxylic acids is 2. The van der Waals surface area contributed by atoms with Crippen molar-refractivity contribution < 1.29 is 14.3 Å². The Morgan fingerprint density at radius 1 is 1.14 bits per heavy atom. The number of aromatic nitrogens is 3. The molecule has 2 N–H and O–H groups in total. The van der Waals surface area contributed by atoms with Crippen LogP contribution < -0.4 is 15.4 Å². The number of thioether (sulfide) groups is 2. The molecule has 0 radical (unpaired) electrons. The number of rotatable bonds is 12. The first-order valence-electron chi connectivity index (χ1n) is 11.3. The van der Waals surface area contributed by atoms with Crippen molar-refractivity contribution in [1.29, 1.82) is 0 Å². The van der Waals surface area contributed by atoms with E-state index in [0.717, 1.165) is 17.0 Å². The zero-order valence-electron chi connectivity index (χ0n) is 20.4. The normalized spacial score (nSPS) is 11.7. The van der Waals surface area contributed by atoms with Crippen LogP contribution in [0.15, 0.2) is 53.7 Å². The molecule has 8 nitrogen and oxygen atoms in total. The molecule has 0 bridgehead atoms. The van der Waals surface area contributed by atoms with E-state index in [-0.39, 0.29) is 23.6 Å². The highest BCUT2D eigenvalue weighted by Gasteiger charge is 2.23.